The minimum atomic E-state index is -5.00. The lowest BCUT2D eigenvalue weighted by atomic mass is 10.0. The number of aliphatic hydroxyl groups is 1. The van der Waals surface area contributed by atoms with Crippen molar-refractivity contribution in [2.45, 2.75) is 329 Å². The first-order valence-corrected chi connectivity index (χ1v) is 43.7. The largest absolute Gasteiger partial charge is 0.472 e. The molecule has 0 aliphatic rings. The third kappa shape index (κ3) is 76.9. The first kappa shape index (κ1) is 101. The van der Waals surface area contributed by atoms with Crippen molar-refractivity contribution in [1.82, 2.24) is 0 Å². The average Bonchev–Trinajstić information content (AvgIpc) is 0.909. The predicted octanol–water partition coefficient (Wildman–Crippen LogP) is 24.0. The third-order valence-electron chi connectivity index (χ3n) is 16.5. The van der Waals surface area contributed by atoms with Crippen LogP contribution >= 0.6 is 15.6 Å². The molecule has 0 heterocycles. The van der Waals surface area contributed by atoms with Gasteiger partial charge in [0, 0.05) is 25.7 Å². The molecule has 3 N–H and O–H groups in total. The van der Waals surface area contributed by atoms with E-state index < -0.39 is 97.5 Å². The van der Waals surface area contributed by atoms with Gasteiger partial charge in [0.2, 0.25) is 0 Å². The molecule has 0 aromatic carbocycles. The Balaban J connectivity index is 5.45. The highest BCUT2D eigenvalue weighted by molar-refractivity contribution is 7.47. The molecule has 19 heteroatoms. The average molecular weight is 1520 g/mol. The van der Waals surface area contributed by atoms with E-state index in [2.05, 4.69) is 186 Å². The smallest absolute Gasteiger partial charge is 0.462 e. The molecule has 0 aliphatic heterocycles. The Bertz CT molecular complexity index is 2630. The van der Waals surface area contributed by atoms with Gasteiger partial charge in [-0.25, -0.2) is 9.13 Å². The summed E-state index contributed by atoms with van der Waals surface area (Å²) in [5, 5.41) is 10.7. The number of phosphoric acid groups is 2. The first-order valence-electron chi connectivity index (χ1n) is 40.7. The lowest BCUT2D eigenvalue weighted by Gasteiger charge is -2.21. The van der Waals surface area contributed by atoms with E-state index in [0.717, 1.165) is 161 Å². The van der Waals surface area contributed by atoms with Crippen LogP contribution in [0.25, 0.3) is 0 Å². The summed E-state index contributed by atoms with van der Waals surface area (Å²) in [4.78, 5) is 73.1. The van der Waals surface area contributed by atoms with Gasteiger partial charge in [-0.3, -0.25) is 37.3 Å². The number of unbranched alkanes of at least 4 members (excludes halogenated alkanes) is 23. The maximum atomic E-state index is 13.1. The Morgan fingerprint density at radius 3 is 0.783 bits per heavy atom. The van der Waals surface area contributed by atoms with Crippen LogP contribution in [-0.2, 0) is 65.4 Å². The van der Waals surface area contributed by atoms with Crippen LogP contribution in [0.4, 0.5) is 0 Å². The van der Waals surface area contributed by atoms with Gasteiger partial charge in [0.25, 0.3) is 0 Å². The third-order valence-corrected chi connectivity index (χ3v) is 18.4. The van der Waals surface area contributed by atoms with Crippen LogP contribution in [0.2, 0.25) is 0 Å². The maximum Gasteiger partial charge on any atom is 0.472 e. The Kier molecular flexibility index (Phi) is 73.9. The molecule has 5 unspecified atom stereocenters. The number of allylic oxidation sites excluding steroid dienone is 26. The summed E-state index contributed by atoms with van der Waals surface area (Å²) in [6.45, 7) is 4.43. The van der Waals surface area contributed by atoms with Crippen LogP contribution < -0.4 is 0 Å². The first-order chi connectivity index (χ1) is 51.7. The number of esters is 4. The second-order valence-corrected chi connectivity index (χ2v) is 29.5. The number of carbonyl (C=O) groups is 4. The summed E-state index contributed by atoms with van der Waals surface area (Å²) in [7, 11) is -10.00. The summed E-state index contributed by atoms with van der Waals surface area (Å²) >= 11 is 0. The fourth-order valence-electron chi connectivity index (χ4n) is 10.4. The number of ether oxygens (including phenoxy) is 4. The predicted molar refractivity (Wildman–Crippen MR) is 436 cm³/mol. The molecular formula is C87H144O17P2. The number of rotatable bonds is 75. The fraction of sp³-hybridized carbons (Fsp3) is 0.655. The number of carbonyl (C=O) groups excluding carboxylic acids is 4. The second-order valence-electron chi connectivity index (χ2n) is 26.6. The molecule has 0 saturated carbocycles. The molecule has 0 fully saturated rings. The Morgan fingerprint density at radius 1 is 0.274 bits per heavy atom. The zero-order valence-corrected chi connectivity index (χ0v) is 67.8. The molecule has 0 amide bonds. The van der Waals surface area contributed by atoms with E-state index in [9.17, 15) is 43.2 Å². The molecule has 0 saturated heterocycles. The standard InChI is InChI=1S/C87H144O17P2/c1-5-9-13-17-21-25-29-33-37-39-40-42-46-48-52-56-60-64-68-72-85(90)98-78-83(104-87(92)74-70-66-62-58-54-50-44-36-32-28-24-20-16-12-8-4)80-102-106(95,96)100-76-81(88)75-99-105(93,94)101-79-82(103-86(91)73-69-65-61-57-53-49-43-35-31-27-23-19-15-11-7-3)77-97-84(89)71-67-63-59-55-51-47-45-41-38-34-30-26-22-18-14-10-6-2/h9-11,13-15,21-23,25-27,33-35,37-38,40,42-43,45,47-48,52-53,57,81-83,88H,5-8,12,16-20,24,28-32,36,39,41,44,46,49-51,54-56,58-80H2,1-4H3,(H,93,94)(H,95,96)/b13-9-,14-10-,15-11-,25-21-,26-22-,27-23-,37-33-,38-34-,42-40-,43-35-,47-45-,52-48-,57-53-. The van der Waals surface area contributed by atoms with Gasteiger partial charge in [0.15, 0.2) is 12.2 Å². The summed E-state index contributed by atoms with van der Waals surface area (Å²) in [6.07, 6.45) is 90.8. The van der Waals surface area contributed by atoms with Gasteiger partial charge in [-0.15, -0.1) is 0 Å². The normalized spacial score (nSPS) is 14.7. The molecule has 604 valence electrons. The highest BCUT2D eigenvalue weighted by Crippen LogP contribution is 2.45. The summed E-state index contributed by atoms with van der Waals surface area (Å²) in [6, 6.07) is 0. The SMILES string of the molecule is CC/C=C\C/C=C\C/C=C\C/C=C\C/C=C\CCCCCC(=O)OCC(COP(=O)(O)OCC(O)COP(=O)(O)OCC(COC(=O)CCCCCC/C=C\C/C=C\C/C=C\C/C=C\CC)OC(=O)CCCC/C=C\C/C=C\C/C=C\C/C=C\CC)OC(=O)CCCCCCCCCCCCCCCCC. The second kappa shape index (κ2) is 77.8. The minimum Gasteiger partial charge on any atom is -0.462 e. The lowest BCUT2D eigenvalue weighted by molar-refractivity contribution is -0.161. The number of hydrogen-bond donors (Lipinski definition) is 3. The van der Waals surface area contributed by atoms with Crippen molar-refractivity contribution in [3.63, 3.8) is 0 Å². The van der Waals surface area contributed by atoms with Gasteiger partial charge in [-0.2, -0.15) is 0 Å². The molecular weight excluding hydrogens is 1380 g/mol. The molecule has 17 nitrogen and oxygen atoms in total. The van der Waals surface area contributed by atoms with Crippen molar-refractivity contribution in [2.75, 3.05) is 39.6 Å². The van der Waals surface area contributed by atoms with Crippen LogP contribution in [0.1, 0.15) is 310 Å². The van der Waals surface area contributed by atoms with Crippen molar-refractivity contribution in [1.29, 1.82) is 0 Å². The van der Waals surface area contributed by atoms with E-state index in [1.165, 1.54) is 64.2 Å². The van der Waals surface area contributed by atoms with E-state index in [-0.39, 0.29) is 25.7 Å². The Morgan fingerprint density at radius 2 is 0.491 bits per heavy atom. The fourth-order valence-corrected chi connectivity index (χ4v) is 12.0. The van der Waals surface area contributed by atoms with E-state index in [1.54, 1.807) is 0 Å². The summed E-state index contributed by atoms with van der Waals surface area (Å²) < 4.78 is 68.6. The molecule has 0 spiro atoms. The van der Waals surface area contributed by atoms with Crippen molar-refractivity contribution in [2.24, 2.45) is 0 Å². The Hall–Kier alpha value is -5.32. The van der Waals surface area contributed by atoms with Crippen LogP contribution in [0.5, 0.6) is 0 Å². The summed E-state index contributed by atoms with van der Waals surface area (Å²) in [5.41, 5.74) is 0. The zero-order valence-electron chi connectivity index (χ0n) is 66.1. The zero-order chi connectivity index (χ0) is 77.4. The number of hydrogen-bond acceptors (Lipinski definition) is 15. The topological polar surface area (TPSA) is 237 Å². The molecule has 106 heavy (non-hydrogen) atoms. The minimum absolute atomic E-state index is 0.0317. The van der Waals surface area contributed by atoms with E-state index >= 15 is 0 Å². The van der Waals surface area contributed by atoms with Gasteiger partial charge >= 0.3 is 39.5 Å². The van der Waals surface area contributed by atoms with Crippen LogP contribution in [0.3, 0.4) is 0 Å². The van der Waals surface area contributed by atoms with Crippen LogP contribution in [0, 0.1) is 0 Å². The van der Waals surface area contributed by atoms with Gasteiger partial charge < -0.3 is 33.8 Å². The molecule has 0 rings (SSSR count). The molecule has 0 bridgehead atoms. The van der Waals surface area contributed by atoms with Gasteiger partial charge in [-0.1, -0.05) is 295 Å². The van der Waals surface area contributed by atoms with E-state index in [4.69, 9.17) is 37.0 Å². The van der Waals surface area contributed by atoms with E-state index in [1.807, 2.05) is 0 Å². The van der Waals surface area contributed by atoms with Crippen LogP contribution in [0.15, 0.2) is 158 Å². The number of aliphatic hydroxyl groups excluding tert-OH is 1. The molecule has 5 atom stereocenters. The summed E-state index contributed by atoms with van der Waals surface area (Å²) in [5.74, 6) is -2.29. The van der Waals surface area contributed by atoms with Gasteiger partial charge in [0.1, 0.15) is 19.3 Å². The molecule has 0 aromatic heterocycles. The molecule has 0 aliphatic carbocycles. The van der Waals surface area contributed by atoms with Crippen molar-refractivity contribution in [3.8, 4) is 0 Å². The Labute approximate surface area is 642 Å². The van der Waals surface area contributed by atoms with Crippen molar-refractivity contribution >= 4 is 39.5 Å². The maximum absolute atomic E-state index is 13.1. The van der Waals surface area contributed by atoms with Crippen molar-refractivity contribution in [3.05, 3.63) is 158 Å². The van der Waals surface area contributed by atoms with Gasteiger partial charge in [-0.05, 0) is 148 Å². The lowest BCUT2D eigenvalue weighted by Crippen LogP contribution is -2.30. The van der Waals surface area contributed by atoms with Gasteiger partial charge in [0.05, 0.1) is 26.4 Å². The molecule has 0 aromatic rings. The quantitative estimate of drug-likeness (QED) is 0.0169. The highest BCUT2D eigenvalue weighted by atomic mass is 31.2. The van der Waals surface area contributed by atoms with Crippen LogP contribution in [-0.4, -0.2) is 96.7 Å². The molecule has 0 radical (unpaired) electrons. The highest BCUT2D eigenvalue weighted by Gasteiger charge is 2.30. The van der Waals surface area contributed by atoms with E-state index in [0.29, 0.717) is 32.1 Å². The van der Waals surface area contributed by atoms with Crippen molar-refractivity contribution < 1.29 is 80.2 Å². The number of phosphoric ester groups is 2. The monoisotopic (exact) mass is 1520 g/mol.